The second kappa shape index (κ2) is 3.76. The maximum absolute atomic E-state index is 11.8. The van der Waals surface area contributed by atoms with Gasteiger partial charge in [-0.25, -0.2) is 0 Å². The van der Waals surface area contributed by atoms with Gasteiger partial charge in [0.25, 0.3) is 5.56 Å². The molecule has 78 valence electrons. The predicted molar refractivity (Wildman–Crippen MR) is 69.3 cm³/mol. The molecule has 2 aromatic rings. The van der Waals surface area contributed by atoms with Crippen molar-refractivity contribution in [1.29, 1.82) is 0 Å². The van der Waals surface area contributed by atoms with Gasteiger partial charge in [-0.15, -0.1) is 0 Å². The fraction of sp³-hybridized carbons (Fsp3) is 0.182. The van der Waals surface area contributed by atoms with Crippen molar-refractivity contribution in [1.82, 2.24) is 4.57 Å². The molecule has 2 nitrogen and oxygen atoms in total. The van der Waals surface area contributed by atoms with Crippen molar-refractivity contribution >= 4 is 42.8 Å². The van der Waals surface area contributed by atoms with Gasteiger partial charge in [-0.1, -0.05) is 15.9 Å². The molecule has 0 spiro atoms. The Labute approximate surface area is 104 Å². The lowest BCUT2D eigenvalue weighted by Crippen LogP contribution is -2.18. The smallest absolute Gasteiger partial charge is 0.265 e. The van der Waals surface area contributed by atoms with E-state index in [1.807, 2.05) is 25.1 Å². The molecule has 0 unspecified atom stereocenters. The summed E-state index contributed by atoms with van der Waals surface area (Å²) in [6.45, 7) is 1.94. The van der Waals surface area contributed by atoms with E-state index in [1.54, 1.807) is 11.6 Å². The molecule has 15 heavy (non-hydrogen) atoms. The van der Waals surface area contributed by atoms with Crippen LogP contribution < -0.4 is 5.56 Å². The van der Waals surface area contributed by atoms with Gasteiger partial charge < -0.3 is 4.57 Å². The summed E-state index contributed by atoms with van der Waals surface area (Å²) < 4.78 is 3.30. The summed E-state index contributed by atoms with van der Waals surface area (Å²) in [6.07, 6.45) is 0. The Morgan fingerprint density at radius 2 is 1.93 bits per heavy atom. The van der Waals surface area contributed by atoms with Gasteiger partial charge in [0.15, 0.2) is 0 Å². The van der Waals surface area contributed by atoms with Gasteiger partial charge in [-0.2, -0.15) is 0 Å². The quantitative estimate of drug-likeness (QED) is 0.726. The fourth-order valence-corrected chi connectivity index (χ4v) is 2.48. The van der Waals surface area contributed by atoms with E-state index in [2.05, 4.69) is 31.9 Å². The molecule has 0 amide bonds. The molecular weight excluding hydrogens is 322 g/mol. The summed E-state index contributed by atoms with van der Waals surface area (Å²) in [4.78, 5) is 11.8. The third kappa shape index (κ3) is 1.66. The van der Waals surface area contributed by atoms with Crippen LogP contribution in [0.1, 0.15) is 5.56 Å². The van der Waals surface area contributed by atoms with E-state index in [9.17, 15) is 4.79 Å². The predicted octanol–water partition coefficient (Wildman–Crippen LogP) is 3.37. The van der Waals surface area contributed by atoms with E-state index < -0.39 is 0 Å². The first kappa shape index (κ1) is 10.9. The molecule has 0 N–H and O–H groups in total. The molecule has 0 aliphatic rings. The van der Waals surface area contributed by atoms with Crippen molar-refractivity contribution in [2.45, 2.75) is 6.92 Å². The average molecular weight is 331 g/mol. The van der Waals surface area contributed by atoms with Crippen LogP contribution in [-0.4, -0.2) is 4.57 Å². The van der Waals surface area contributed by atoms with Crippen LogP contribution in [0.15, 0.2) is 31.9 Å². The number of fused-ring (bicyclic) bond motifs is 1. The maximum atomic E-state index is 11.8. The first-order valence-electron chi connectivity index (χ1n) is 4.46. The number of rotatable bonds is 0. The van der Waals surface area contributed by atoms with E-state index in [-0.39, 0.29) is 5.56 Å². The standard InChI is InChI=1S/C11H9Br2NO/c1-6-8-5-7(12)3-4-9(8)14(2)11(15)10(6)13/h3-5H,1-2H3. The first-order valence-corrected chi connectivity index (χ1v) is 6.05. The second-order valence-corrected chi connectivity index (χ2v) is 5.17. The molecule has 0 radical (unpaired) electrons. The van der Waals surface area contributed by atoms with Crippen molar-refractivity contribution < 1.29 is 0 Å². The minimum Gasteiger partial charge on any atom is -0.310 e. The van der Waals surface area contributed by atoms with Crippen LogP contribution in [-0.2, 0) is 7.05 Å². The second-order valence-electron chi connectivity index (χ2n) is 3.46. The number of nitrogens with zero attached hydrogens (tertiary/aromatic N) is 1. The number of pyridine rings is 1. The Hall–Kier alpha value is -0.610. The van der Waals surface area contributed by atoms with E-state index >= 15 is 0 Å². The highest BCUT2D eigenvalue weighted by Crippen LogP contribution is 2.25. The molecule has 0 aliphatic heterocycles. The fourth-order valence-electron chi connectivity index (χ4n) is 1.64. The topological polar surface area (TPSA) is 22.0 Å². The third-order valence-electron chi connectivity index (χ3n) is 2.55. The zero-order valence-corrected chi connectivity index (χ0v) is 11.5. The van der Waals surface area contributed by atoms with Crippen LogP contribution in [0.2, 0.25) is 0 Å². The van der Waals surface area contributed by atoms with Gasteiger partial charge in [0.05, 0.1) is 9.99 Å². The molecular formula is C11H9Br2NO. The van der Waals surface area contributed by atoms with Gasteiger partial charge in [-0.3, -0.25) is 4.79 Å². The van der Waals surface area contributed by atoms with Crippen LogP contribution in [0.5, 0.6) is 0 Å². The number of aryl methyl sites for hydroxylation is 2. The van der Waals surface area contributed by atoms with E-state index in [4.69, 9.17) is 0 Å². The minimum absolute atomic E-state index is 0.00215. The Kier molecular flexibility index (Phi) is 2.73. The number of halogens is 2. The summed E-state index contributed by atoms with van der Waals surface area (Å²) in [5, 5.41) is 1.08. The molecule has 1 aromatic heterocycles. The zero-order chi connectivity index (χ0) is 11.2. The largest absolute Gasteiger partial charge is 0.310 e. The van der Waals surface area contributed by atoms with Crippen LogP contribution >= 0.6 is 31.9 Å². The Morgan fingerprint density at radius 3 is 2.60 bits per heavy atom. The van der Waals surface area contributed by atoms with Crippen molar-refractivity contribution in [2.24, 2.45) is 7.05 Å². The lowest BCUT2D eigenvalue weighted by Gasteiger charge is -2.09. The summed E-state index contributed by atoms with van der Waals surface area (Å²) in [6, 6.07) is 5.91. The molecule has 0 atom stereocenters. The third-order valence-corrected chi connectivity index (χ3v) is 3.97. The van der Waals surface area contributed by atoms with Crippen molar-refractivity contribution in [3.05, 3.63) is 43.1 Å². The Balaban J connectivity index is 3.07. The molecule has 0 fully saturated rings. The number of hydrogen-bond acceptors (Lipinski definition) is 1. The highest BCUT2D eigenvalue weighted by atomic mass is 79.9. The van der Waals surface area contributed by atoms with Gasteiger partial charge >= 0.3 is 0 Å². The Morgan fingerprint density at radius 1 is 1.27 bits per heavy atom. The number of aromatic nitrogens is 1. The molecule has 0 aliphatic carbocycles. The molecule has 0 saturated carbocycles. The highest BCUT2D eigenvalue weighted by Gasteiger charge is 2.09. The summed E-state index contributed by atoms with van der Waals surface area (Å²) in [7, 11) is 1.78. The van der Waals surface area contributed by atoms with Crippen LogP contribution in [0.4, 0.5) is 0 Å². The number of benzene rings is 1. The van der Waals surface area contributed by atoms with Crippen molar-refractivity contribution in [3.63, 3.8) is 0 Å². The lowest BCUT2D eigenvalue weighted by molar-refractivity contribution is 0.895. The van der Waals surface area contributed by atoms with Gasteiger partial charge in [0.2, 0.25) is 0 Å². The maximum Gasteiger partial charge on any atom is 0.265 e. The van der Waals surface area contributed by atoms with Crippen LogP contribution in [0.25, 0.3) is 10.9 Å². The Bertz CT molecular complexity index is 602. The SMILES string of the molecule is Cc1c(Br)c(=O)n(C)c2ccc(Br)cc12. The summed E-state index contributed by atoms with van der Waals surface area (Å²) in [5.41, 5.74) is 1.93. The van der Waals surface area contributed by atoms with Crippen LogP contribution in [0, 0.1) is 6.92 Å². The monoisotopic (exact) mass is 329 g/mol. The van der Waals surface area contributed by atoms with Gasteiger partial charge in [0.1, 0.15) is 0 Å². The van der Waals surface area contributed by atoms with E-state index in [1.165, 1.54) is 0 Å². The molecule has 0 bridgehead atoms. The molecule has 2 rings (SSSR count). The van der Waals surface area contributed by atoms with Crippen molar-refractivity contribution in [2.75, 3.05) is 0 Å². The molecule has 1 heterocycles. The van der Waals surface area contributed by atoms with Gasteiger partial charge in [0, 0.05) is 16.9 Å². The van der Waals surface area contributed by atoms with Crippen molar-refractivity contribution in [3.8, 4) is 0 Å². The summed E-state index contributed by atoms with van der Waals surface area (Å²) >= 11 is 6.76. The minimum atomic E-state index is 0.00215. The zero-order valence-electron chi connectivity index (χ0n) is 8.34. The average Bonchev–Trinajstić information content (AvgIpc) is 2.23. The van der Waals surface area contributed by atoms with Crippen LogP contribution in [0.3, 0.4) is 0 Å². The lowest BCUT2D eigenvalue weighted by atomic mass is 10.1. The molecule has 0 saturated heterocycles. The summed E-state index contributed by atoms with van der Waals surface area (Å²) in [5.74, 6) is 0. The first-order chi connectivity index (χ1) is 7.02. The highest BCUT2D eigenvalue weighted by molar-refractivity contribution is 9.10. The molecule has 1 aromatic carbocycles. The van der Waals surface area contributed by atoms with E-state index in [0.717, 1.165) is 20.9 Å². The normalized spacial score (nSPS) is 10.9. The van der Waals surface area contributed by atoms with E-state index in [0.29, 0.717) is 4.47 Å². The van der Waals surface area contributed by atoms with Gasteiger partial charge in [-0.05, 0) is 46.6 Å². The number of hydrogen-bond donors (Lipinski definition) is 0. The molecule has 4 heteroatoms.